The average molecular weight is 464 g/mol. The summed E-state index contributed by atoms with van der Waals surface area (Å²) in [5.41, 5.74) is 6.25. The van der Waals surface area contributed by atoms with Crippen LogP contribution >= 0.6 is 0 Å². The summed E-state index contributed by atoms with van der Waals surface area (Å²) in [4.78, 5) is 22.9. The van der Waals surface area contributed by atoms with Crippen LogP contribution in [0.5, 0.6) is 0 Å². The number of nitro groups is 1. The summed E-state index contributed by atoms with van der Waals surface area (Å²) in [6.45, 7) is 0.722. The molecule has 0 aliphatic carbocycles. The fourth-order valence-electron chi connectivity index (χ4n) is 3.87. The molecule has 35 heavy (non-hydrogen) atoms. The third-order valence-corrected chi connectivity index (χ3v) is 5.58. The number of hydrogen-bond acceptors (Lipinski definition) is 5. The maximum absolute atomic E-state index is 12.5. The van der Waals surface area contributed by atoms with E-state index in [2.05, 4.69) is 33.3 Å². The average Bonchev–Trinajstić information content (AvgIpc) is 3.51. The fourth-order valence-corrected chi connectivity index (χ4v) is 3.87. The van der Waals surface area contributed by atoms with Gasteiger partial charge in [-0.05, 0) is 35.9 Å². The second-order valence-electron chi connectivity index (χ2n) is 7.88. The van der Waals surface area contributed by atoms with E-state index in [0.29, 0.717) is 11.3 Å². The van der Waals surface area contributed by atoms with E-state index in [0.717, 1.165) is 23.0 Å². The summed E-state index contributed by atoms with van der Waals surface area (Å²) in [7, 11) is 0. The van der Waals surface area contributed by atoms with Gasteiger partial charge in [0, 0.05) is 46.9 Å². The Morgan fingerprint density at radius 3 is 2.49 bits per heavy atom. The first-order valence-electron chi connectivity index (χ1n) is 10.9. The van der Waals surface area contributed by atoms with Crippen molar-refractivity contribution in [1.82, 2.24) is 9.99 Å². The molecule has 0 unspecified atom stereocenters. The third kappa shape index (κ3) is 4.72. The summed E-state index contributed by atoms with van der Waals surface area (Å²) >= 11 is 0. The number of nitrogens with zero attached hydrogens (tertiary/aromatic N) is 3. The number of rotatable bonds is 7. The molecule has 0 fully saturated rings. The van der Waals surface area contributed by atoms with Gasteiger partial charge in [0.25, 0.3) is 5.69 Å². The molecule has 8 heteroatoms. The van der Waals surface area contributed by atoms with Crippen molar-refractivity contribution in [3.8, 4) is 11.3 Å². The van der Waals surface area contributed by atoms with Crippen molar-refractivity contribution in [1.29, 1.82) is 0 Å². The molecule has 1 amide bonds. The number of benzene rings is 3. The van der Waals surface area contributed by atoms with Crippen molar-refractivity contribution in [2.24, 2.45) is 5.10 Å². The van der Waals surface area contributed by atoms with E-state index in [9.17, 15) is 14.9 Å². The number of hydrazone groups is 1. The van der Waals surface area contributed by atoms with Crippen molar-refractivity contribution in [2.75, 3.05) is 0 Å². The number of non-ortho nitro benzene ring substituents is 1. The van der Waals surface area contributed by atoms with Gasteiger partial charge in [0.2, 0.25) is 0 Å². The highest BCUT2D eigenvalue weighted by Crippen LogP contribution is 2.25. The number of carbonyl (C=O) groups excluding carboxylic acids is 1. The Labute approximate surface area is 200 Å². The number of nitro benzene ring substituents is 1. The van der Waals surface area contributed by atoms with E-state index < -0.39 is 10.8 Å². The third-order valence-electron chi connectivity index (χ3n) is 5.58. The van der Waals surface area contributed by atoms with Crippen LogP contribution in [0.3, 0.4) is 0 Å². The largest absolute Gasteiger partial charge is 0.451 e. The van der Waals surface area contributed by atoms with Gasteiger partial charge < -0.3 is 8.98 Å². The summed E-state index contributed by atoms with van der Waals surface area (Å²) in [6, 6.07) is 27.3. The van der Waals surface area contributed by atoms with E-state index >= 15 is 0 Å². The lowest BCUT2D eigenvalue weighted by molar-refractivity contribution is -0.384. The Morgan fingerprint density at radius 2 is 1.71 bits per heavy atom. The minimum absolute atomic E-state index is 0.0160. The summed E-state index contributed by atoms with van der Waals surface area (Å²) in [5.74, 6) is 0.0162. The van der Waals surface area contributed by atoms with Crippen LogP contribution in [-0.2, 0) is 6.54 Å². The number of fused-ring (bicyclic) bond motifs is 1. The molecule has 2 aromatic heterocycles. The highest BCUT2D eigenvalue weighted by atomic mass is 16.6. The molecule has 0 atom stereocenters. The Hall–Kier alpha value is -4.98. The molecule has 0 bridgehead atoms. The number of aromatic nitrogens is 1. The van der Waals surface area contributed by atoms with Gasteiger partial charge in [-0.15, -0.1) is 0 Å². The highest BCUT2D eigenvalue weighted by molar-refractivity contribution is 6.00. The lowest BCUT2D eigenvalue weighted by atomic mass is 10.1. The SMILES string of the molecule is O=C(N/N=C\c1cn(Cc2ccccc2)c2ccccc12)c1ccc(-c2ccc([N+](=O)[O-])cc2)o1. The van der Waals surface area contributed by atoms with Crippen molar-refractivity contribution >= 4 is 28.7 Å². The Morgan fingerprint density at radius 1 is 0.971 bits per heavy atom. The van der Waals surface area contributed by atoms with Gasteiger partial charge in [0.05, 0.1) is 11.1 Å². The zero-order valence-corrected chi connectivity index (χ0v) is 18.5. The van der Waals surface area contributed by atoms with Crippen LogP contribution in [-0.4, -0.2) is 21.6 Å². The first kappa shape index (κ1) is 21.8. The van der Waals surface area contributed by atoms with Crippen molar-refractivity contribution in [3.63, 3.8) is 0 Å². The Bertz CT molecular complexity index is 1530. The van der Waals surface area contributed by atoms with Gasteiger partial charge in [-0.3, -0.25) is 14.9 Å². The summed E-state index contributed by atoms with van der Waals surface area (Å²) < 4.78 is 7.77. The van der Waals surface area contributed by atoms with Gasteiger partial charge >= 0.3 is 5.91 Å². The van der Waals surface area contributed by atoms with Crippen LogP contribution in [0.1, 0.15) is 21.7 Å². The maximum atomic E-state index is 12.5. The van der Waals surface area contributed by atoms with Crippen molar-refractivity contribution < 1.29 is 14.1 Å². The molecule has 1 N–H and O–H groups in total. The molecule has 5 rings (SSSR count). The van der Waals surface area contributed by atoms with Gasteiger partial charge in [0.1, 0.15) is 5.76 Å². The molecule has 172 valence electrons. The van der Waals surface area contributed by atoms with E-state index in [-0.39, 0.29) is 11.4 Å². The van der Waals surface area contributed by atoms with Gasteiger partial charge in [-0.25, -0.2) is 5.43 Å². The van der Waals surface area contributed by atoms with Crippen LogP contribution in [0.15, 0.2) is 107 Å². The van der Waals surface area contributed by atoms with Gasteiger partial charge in [0.15, 0.2) is 5.76 Å². The van der Waals surface area contributed by atoms with E-state index in [1.165, 1.54) is 23.8 Å². The molecule has 0 saturated heterocycles. The molecule has 0 spiro atoms. The van der Waals surface area contributed by atoms with Crippen LogP contribution in [0.4, 0.5) is 5.69 Å². The van der Waals surface area contributed by atoms with Crippen LogP contribution in [0.2, 0.25) is 0 Å². The minimum Gasteiger partial charge on any atom is -0.451 e. The molecular formula is C27H20N4O4. The number of para-hydroxylation sites is 1. The first-order chi connectivity index (χ1) is 17.1. The van der Waals surface area contributed by atoms with E-state index in [1.807, 2.05) is 42.6 Å². The second kappa shape index (κ2) is 9.48. The van der Waals surface area contributed by atoms with Crippen molar-refractivity contribution in [3.05, 3.63) is 124 Å². The molecule has 0 radical (unpaired) electrons. The zero-order valence-electron chi connectivity index (χ0n) is 18.5. The molecule has 3 aromatic carbocycles. The van der Waals surface area contributed by atoms with Crippen molar-refractivity contribution in [2.45, 2.75) is 6.54 Å². The monoisotopic (exact) mass is 464 g/mol. The molecule has 0 aliphatic heterocycles. The quantitative estimate of drug-likeness (QED) is 0.192. The maximum Gasteiger partial charge on any atom is 0.307 e. The normalized spacial score (nSPS) is 11.2. The smallest absolute Gasteiger partial charge is 0.307 e. The molecule has 8 nitrogen and oxygen atoms in total. The number of furan rings is 1. The van der Waals surface area contributed by atoms with E-state index in [4.69, 9.17) is 4.42 Å². The Kier molecular flexibility index (Phi) is 5.92. The fraction of sp³-hybridized carbons (Fsp3) is 0.0370. The molecule has 5 aromatic rings. The lowest BCUT2D eigenvalue weighted by Gasteiger charge is -2.05. The first-order valence-corrected chi connectivity index (χ1v) is 10.9. The second-order valence-corrected chi connectivity index (χ2v) is 7.88. The number of carbonyl (C=O) groups is 1. The number of nitrogens with one attached hydrogen (secondary N) is 1. The van der Waals surface area contributed by atoms with Crippen LogP contribution in [0, 0.1) is 10.1 Å². The molecular weight excluding hydrogens is 444 g/mol. The zero-order chi connectivity index (χ0) is 24.2. The molecule has 0 aliphatic rings. The highest BCUT2D eigenvalue weighted by Gasteiger charge is 2.13. The van der Waals surface area contributed by atoms with Crippen LogP contribution < -0.4 is 5.43 Å². The van der Waals surface area contributed by atoms with Gasteiger partial charge in [-0.2, -0.15) is 5.10 Å². The van der Waals surface area contributed by atoms with E-state index in [1.54, 1.807) is 24.4 Å². The number of hydrogen-bond donors (Lipinski definition) is 1. The summed E-state index contributed by atoms with van der Waals surface area (Å²) in [6.07, 6.45) is 3.62. The minimum atomic E-state index is -0.498. The molecule has 2 heterocycles. The Balaban J connectivity index is 1.30. The molecule has 0 saturated carbocycles. The lowest BCUT2D eigenvalue weighted by Crippen LogP contribution is -2.16. The van der Waals surface area contributed by atoms with Crippen LogP contribution in [0.25, 0.3) is 22.2 Å². The topological polar surface area (TPSA) is 103 Å². The van der Waals surface area contributed by atoms with Gasteiger partial charge in [-0.1, -0.05) is 48.5 Å². The predicted octanol–water partition coefficient (Wildman–Crippen LogP) is 5.62. The predicted molar refractivity (Wildman–Crippen MR) is 133 cm³/mol. The summed E-state index contributed by atoms with van der Waals surface area (Å²) in [5, 5.41) is 16.0. The standard InChI is InChI=1S/C27H20N4O4/c32-27(26-15-14-25(35-26)20-10-12-22(13-11-20)31(33)34)29-28-16-21-18-30(17-19-6-2-1-3-7-19)24-9-5-4-8-23(21)24/h1-16,18H,17H2,(H,29,32)/b28-16-. The number of amides is 1.